The molecule has 0 radical (unpaired) electrons. The Labute approximate surface area is 280 Å². The van der Waals surface area contributed by atoms with Crippen molar-refractivity contribution < 1.29 is 33.8 Å². The van der Waals surface area contributed by atoms with E-state index in [1.54, 1.807) is 36.4 Å². The number of esters is 1. The number of benzene rings is 2. The van der Waals surface area contributed by atoms with E-state index >= 15 is 0 Å². The van der Waals surface area contributed by atoms with Gasteiger partial charge < -0.3 is 29.7 Å². The van der Waals surface area contributed by atoms with Gasteiger partial charge in [-0.1, -0.05) is 73.1 Å². The summed E-state index contributed by atoms with van der Waals surface area (Å²) in [6.45, 7) is 8.95. The van der Waals surface area contributed by atoms with E-state index in [4.69, 9.17) is 21.1 Å². The highest BCUT2D eigenvalue weighted by atomic mass is 35.5. The van der Waals surface area contributed by atoms with Gasteiger partial charge in [-0.3, -0.25) is 19.2 Å². The molecule has 10 nitrogen and oxygen atoms in total. The summed E-state index contributed by atoms with van der Waals surface area (Å²) in [5, 5.41) is 13.8. The second-order valence-electron chi connectivity index (χ2n) is 12.2. The summed E-state index contributed by atoms with van der Waals surface area (Å²) in [5.74, 6) is -3.53. The van der Waals surface area contributed by atoms with E-state index in [0.29, 0.717) is 36.4 Å². The molecule has 3 amide bonds. The molecule has 0 aliphatic carbocycles. The van der Waals surface area contributed by atoms with Crippen molar-refractivity contribution in [3.05, 3.63) is 90.5 Å². The minimum absolute atomic E-state index is 0.0995. The second-order valence-corrected chi connectivity index (χ2v) is 12.6. The van der Waals surface area contributed by atoms with Crippen LogP contribution in [0.1, 0.15) is 50.6 Å². The third-order valence-corrected chi connectivity index (χ3v) is 9.87. The molecule has 3 aliphatic rings. The summed E-state index contributed by atoms with van der Waals surface area (Å²) in [7, 11) is 0. The molecule has 3 fully saturated rings. The van der Waals surface area contributed by atoms with Crippen LogP contribution in [0.2, 0.25) is 5.02 Å². The van der Waals surface area contributed by atoms with Crippen molar-refractivity contribution in [1.82, 2.24) is 10.2 Å². The van der Waals surface area contributed by atoms with Crippen molar-refractivity contribution in [2.45, 2.75) is 68.9 Å². The minimum Gasteiger partial charge on any atom is -0.463 e. The molecule has 5 rings (SSSR count). The number of carbonyl (C=O) groups excluding carboxylic acids is 4. The lowest BCUT2D eigenvalue weighted by molar-refractivity contribution is -0.146. The van der Waals surface area contributed by atoms with Crippen LogP contribution in [-0.2, 0) is 28.7 Å². The fraction of sp³-hybridized carbons (Fsp3) is 0.444. The highest BCUT2D eigenvalue weighted by molar-refractivity contribution is 6.34. The van der Waals surface area contributed by atoms with Crippen molar-refractivity contribution in [1.29, 1.82) is 0 Å². The van der Waals surface area contributed by atoms with Crippen LogP contribution in [0.25, 0.3) is 0 Å². The van der Waals surface area contributed by atoms with Gasteiger partial charge in [-0.05, 0) is 43.4 Å². The molecule has 1 spiro atoms. The quantitative estimate of drug-likeness (QED) is 0.214. The summed E-state index contributed by atoms with van der Waals surface area (Å²) in [4.78, 5) is 58.6. The number of halogens is 1. The molecule has 47 heavy (non-hydrogen) atoms. The zero-order valence-corrected chi connectivity index (χ0v) is 27.3. The highest BCUT2D eigenvalue weighted by Crippen LogP contribution is 2.59. The molecule has 0 saturated carbocycles. The largest absolute Gasteiger partial charge is 0.463 e. The van der Waals surface area contributed by atoms with Crippen LogP contribution in [0.3, 0.4) is 0 Å². The molecular formula is C36H42ClN3O7. The Morgan fingerprint density at radius 3 is 2.55 bits per heavy atom. The number of fused-ring (bicyclic) bond motifs is 1. The van der Waals surface area contributed by atoms with E-state index in [0.717, 1.165) is 5.56 Å². The van der Waals surface area contributed by atoms with Gasteiger partial charge in [-0.2, -0.15) is 0 Å². The zero-order valence-electron chi connectivity index (χ0n) is 26.6. The van der Waals surface area contributed by atoms with E-state index in [1.807, 2.05) is 37.3 Å². The summed E-state index contributed by atoms with van der Waals surface area (Å²) in [6, 6.07) is 13.6. The van der Waals surface area contributed by atoms with Gasteiger partial charge in [-0.25, -0.2) is 0 Å². The third kappa shape index (κ3) is 6.46. The van der Waals surface area contributed by atoms with Gasteiger partial charge in [0.2, 0.25) is 11.8 Å². The van der Waals surface area contributed by atoms with Gasteiger partial charge in [0.1, 0.15) is 18.2 Å². The summed E-state index contributed by atoms with van der Waals surface area (Å²) in [5.41, 5.74) is -0.1000. The number of hydrogen-bond donors (Lipinski definition) is 2. The molecule has 11 heteroatoms. The van der Waals surface area contributed by atoms with E-state index < -0.39 is 65.4 Å². The first-order chi connectivity index (χ1) is 22.7. The number of rotatable bonds is 15. The number of aliphatic hydroxyl groups is 1. The Morgan fingerprint density at radius 1 is 1.17 bits per heavy atom. The van der Waals surface area contributed by atoms with E-state index in [1.165, 1.54) is 9.80 Å². The average molecular weight is 664 g/mol. The molecule has 2 N–H and O–H groups in total. The maximum absolute atomic E-state index is 14.7. The topological polar surface area (TPSA) is 125 Å². The molecular weight excluding hydrogens is 622 g/mol. The Morgan fingerprint density at radius 2 is 1.89 bits per heavy atom. The van der Waals surface area contributed by atoms with Crippen LogP contribution in [0.15, 0.2) is 79.9 Å². The number of carbonyl (C=O) groups is 4. The Kier molecular flexibility index (Phi) is 10.8. The number of hydrogen-bond acceptors (Lipinski definition) is 7. The number of likely N-dealkylation sites (tertiary alicyclic amines) is 1. The zero-order chi connectivity index (χ0) is 33.7. The Balaban J connectivity index is 1.48. The number of ether oxygens (including phenoxy) is 2. The fourth-order valence-corrected chi connectivity index (χ4v) is 7.61. The number of allylic oxidation sites excluding steroid dienone is 1. The maximum Gasteiger partial charge on any atom is 0.306 e. The molecule has 2 aromatic rings. The summed E-state index contributed by atoms with van der Waals surface area (Å²) >= 11 is 6.54. The van der Waals surface area contributed by atoms with Crippen LogP contribution < -0.4 is 10.2 Å². The van der Waals surface area contributed by atoms with Crippen LogP contribution in [-0.4, -0.2) is 77.2 Å². The lowest BCUT2D eigenvalue weighted by atomic mass is 9.70. The maximum atomic E-state index is 14.7. The van der Waals surface area contributed by atoms with E-state index in [9.17, 15) is 24.3 Å². The molecule has 3 saturated heterocycles. The molecule has 250 valence electrons. The number of amides is 3. The summed E-state index contributed by atoms with van der Waals surface area (Å²) < 4.78 is 12.1. The van der Waals surface area contributed by atoms with Gasteiger partial charge in [0.05, 0.1) is 47.3 Å². The Hall–Kier alpha value is -3.99. The second kappa shape index (κ2) is 14.8. The molecule has 2 aromatic carbocycles. The SMILES string of the molecule is C=CCCC(=O)OC[C@@H](NC(=O)[C@@H]1[C@H]2C(=O)N([C@@H](CC)CO)[C@H](C(=O)N(CC=C)c3ccccc3Cl)[C@]23CC[C@H]1O3)c1ccccc1. The van der Waals surface area contributed by atoms with E-state index in [2.05, 4.69) is 18.5 Å². The molecule has 0 aromatic heterocycles. The standard InChI is InChI=1S/C36H42ClN3O7/c1-4-7-17-29(42)46-22-26(23-13-9-8-10-14-23)38-33(43)30-28-18-19-36(47-28)31(30)34(44)40(24(6-3)21-41)32(36)35(45)39(20-5-2)27-16-12-11-15-25(27)37/h4-5,8-16,24,26,28,30-32,41H,1-2,6-7,17-22H2,3H3,(H,38,43)/t24-,26+,28+,30-,31-,32+,36-/m0/s1. The van der Waals surface area contributed by atoms with Crippen molar-refractivity contribution >= 4 is 41.0 Å². The van der Waals surface area contributed by atoms with Crippen molar-refractivity contribution in [3.63, 3.8) is 0 Å². The Bertz CT molecular complexity index is 1500. The third-order valence-electron chi connectivity index (χ3n) is 9.55. The number of nitrogens with zero attached hydrogens (tertiary/aromatic N) is 2. The number of para-hydroxylation sites is 1. The minimum atomic E-state index is -1.29. The van der Waals surface area contributed by atoms with Gasteiger partial charge in [0.15, 0.2) is 0 Å². The molecule has 2 bridgehead atoms. The molecule has 3 aliphatic heterocycles. The van der Waals surface area contributed by atoms with Crippen molar-refractivity contribution in [2.24, 2.45) is 11.8 Å². The van der Waals surface area contributed by atoms with Gasteiger partial charge >= 0.3 is 5.97 Å². The van der Waals surface area contributed by atoms with Gasteiger partial charge in [0, 0.05) is 13.0 Å². The van der Waals surface area contributed by atoms with Gasteiger partial charge in [-0.15, -0.1) is 13.2 Å². The molecule has 3 heterocycles. The number of anilines is 1. The van der Waals surface area contributed by atoms with Crippen molar-refractivity contribution in [3.8, 4) is 0 Å². The first-order valence-electron chi connectivity index (χ1n) is 16.1. The molecule has 7 atom stereocenters. The predicted octanol–water partition coefficient (Wildman–Crippen LogP) is 4.37. The summed E-state index contributed by atoms with van der Waals surface area (Å²) in [6.07, 6.45) is 4.49. The fourth-order valence-electron chi connectivity index (χ4n) is 7.37. The lowest BCUT2D eigenvalue weighted by Crippen LogP contribution is -2.59. The van der Waals surface area contributed by atoms with Crippen LogP contribution >= 0.6 is 11.6 Å². The monoisotopic (exact) mass is 663 g/mol. The van der Waals surface area contributed by atoms with Crippen LogP contribution in [0.4, 0.5) is 5.69 Å². The smallest absolute Gasteiger partial charge is 0.306 e. The van der Waals surface area contributed by atoms with Crippen LogP contribution in [0.5, 0.6) is 0 Å². The lowest BCUT2D eigenvalue weighted by Gasteiger charge is -2.39. The van der Waals surface area contributed by atoms with Crippen LogP contribution in [0, 0.1) is 11.8 Å². The normalized spacial score (nSPS) is 25.5. The van der Waals surface area contributed by atoms with E-state index in [-0.39, 0.29) is 26.2 Å². The predicted molar refractivity (Wildman–Crippen MR) is 177 cm³/mol. The molecule has 0 unspecified atom stereocenters. The van der Waals surface area contributed by atoms with Crippen molar-refractivity contribution in [2.75, 3.05) is 24.7 Å². The first-order valence-corrected chi connectivity index (χ1v) is 16.5. The average Bonchev–Trinajstić information content (AvgIpc) is 3.73. The first kappa shape index (κ1) is 34.3. The highest BCUT2D eigenvalue weighted by Gasteiger charge is 2.75. The number of aliphatic hydroxyl groups excluding tert-OH is 1. The number of nitrogens with one attached hydrogen (secondary N) is 1. The van der Waals surface area contributed by atoms with Gasteiger partial charge in [0.25, 0.3) is 5.91 Å².